The molecule has 0 aliphatic heterocycles. The Labute approximate surface area is 116 Å². The van der Waals surface area contributed by atoms with Gasteiger partial charge in [0.2, 0.25) is 0 Å². The van der Waals surface area contributed by atoms with Crippen LogP contribution in [-0.4, -0.2) is 10.2 Å². The van der Waals surface area contributed by atoms with Gasteiger partial charge in [-0.2, -0.15) is 0 Å². The van der Waals surface area contributed by atoms with E-state index >= 15 is 0 Å². The minimum Gasteiger partial charge on any atom is -0.505 e. The fourth-order valence-corrected chi connectivity index (χ4v) is 2.09. The fraction of sp³-hybridized carbons (Fsp3) is 0.250. The van der Waals surface area contributed by atoms with Gasteiger partial charge in [0.05, 0.1) is 0 Å². The van der Waals surface area contributed by atoms with Gasteiger partial charge in [0, 0.05) is 0 Å². The summed E-state index contributed by atoms with van der Waals surface area (Å²) in [5.41, 5.74) is 1.57. The van der Waals surface area contributed by atoms with Gasteiger partial charge in [0.1, 0.15) is 0 Å². The summed E-state index contributed by atoms with van der Waals surface area (Å²) >= 11 is 0. The van der Waals surface area contributed by atoms with Crippen molar-refractivity contribution in [3.05, 3.63) is 59.2 Å². The van der Waals surface area contributed by atoms with E-state index in [0.29, 0.717) is 12.8 Å². The average molecular weight is 278 g/mol. The second-order valence-corrected chi connectivity index (χ2v) is 4.94. The maximum atomic E-state index is 13.3. The van der Waals surface area contributed by atoms with Crippen LogP contribution >= 0.6 is 0 Å². The zero-order valence-corrected chi connectivity index (χ0v) is 11.1. The van der Waals surface area contributed by atoms with Crippen LogP contribution in [0.3, 0.4) is 0 Å². The van der Waals surface area contributed by atoms with Gasteiger partial charge in [-0.25, -0.2) is 8.78 Å². The second kappa shape index (κ2) is 5.90. The molecule has 4 heteroatoms. The molecule has 1 atom stereocenters. The molecular weight excluding hydrogens is 262 g/mol. The van der Waals surface area contributed by atoms with E-state index in [1.165, 1.54) is 24.3 Å². The van der Waals surface area contributed by atoms with Gasteiger partial charge in [0.15, 0.2) is 23.1 Å². The van der Waals surface area contributed by atoms with Gasteiger partial charge in [0.25, 0.3) is 0 Å². The first kappa shape index (κ1) is 14.3. The van der Waals surface area contributed by atoms with Crippen LogP contribution in [0.5, 0.6) is 11.5 Å². The van der Waals surface area contributed by atoms with Crippen molar-refractivity contribution in [1.82, 2.24) is 0 Å². The van der Waals surface area contributed by atoms with Crippen LogP contribution in [0.25, 0.3) is 0 Å². The highest BCUT2D eigenvalue weighted by molar-refractivity contribution is 5.31. The summed E-state index contributed by atoms with van der Waals surface area (Å²) in [6.45, 7) is 1.95. The van der Waals surface area contributed by atoms with Crippen LogP contribution in [0.4, 0.5) is 8.78 Å². The lowest BCUT2D eigenvalue weighted by molar-refractivity contribution is 0.431. The Hall–Kier alpha value is -2.10. The molecule has 0 bridgehead atoms. The molecule has 0 amide bonds. The van der Waals surface area contributed by atoms with Crippen molar-refractivity contribution in [2.75, 3.05) is 0 Å². The van der Waals surface area contributed by atoms with E-state index in [2.05, 4.69) is 0 Å². The molecule has 0 radical (unpaired) electrons. The van der Waals surface area contributed by atoms with E-state index in [4.69, 9.17) is 10.2 Å². The molecule has 2 aromatic carbocycles. The predicted molar refractivity (Wildman–Crippen MR) is 72.9 cm³/mol. The molecule has 0 saturated carbocycles. The summed E-state index contributed by atoms with van der Waals surface area (Å²) in [5, 5.41) is 18.3. The summed E-state index contributed by atoms with van der Waals surface area (Å²) in [7, 11) is 0. The normalized spacial score (nSPS) is 12.3. The number of rotatable bonds is 4. The predicted octanol–water partition coefficient (Wildman–Crippen LogP) is 4.11. The van der Waals surface area contributed by atoms with Crippen molar-refractivity contribution >= 4 is 0 Å². The molecule has 0 aromatic heterocycles. The van der Waals surface area contributed by atoms with Gasteiger partial charge in [-0.05, 0) is 54.2 Å². The Bertz CT molecular complexity index is 611. The molecule has 2 rings (SSSR count). The second-order valence-electron chi connectivity index (χ2n) is 4.94. The van der Waals surface area contributed by atoms with Crippen molar-refractivity contribution in [1.29, 1.82) is 0 Å². The number of phenolic OH excluding ortho intramolecular Hbond substituents is 2. The molecule has 1 unspecified atom stereocenters. The monoisotopic (exact) mass is 278 g/mol. The number of aromatic hydroxyl groups is 2. The topological polar surface area (TPSA) is 40.5 Å². The molecule has 2 N–H and O–H groups in total. The SMILES string of the molecule is CC(CCc1ccc(O)c(F)c1)c1ccc(O)c(F)c1. The van der Waals surface area contributed by atoms with E-state index in [1.807, 2.05) is 6.92 Å². The summed E-state index contributed by atoms with van der Waals surface area (Å²) in [6, 6.07) is 8.64. The lowest BCUT2D eigenvalue weighted by atomic mass is 9.94. The summed E-state index contributed by atoms with van der Waals surface area (Å²) in [4.78, 5) is 0. The maximum Gasteiger partial charge on any atom is 0.165 e. The highest BCUT2D eigenvalue weighted by Crippen LogP contribution is 2.26. The average Bonchev–Trinajstić information content (AvgIpc) is 2.43. The largest absolute Gasteiger partial charge is 0.505 e. The van der Waals surface area contributed by atoms with Crippen LogP contribution < -0.4 is 0 Å². The third-order valence-electron chi connectivity index (χ3n) is 3.42. The zero-order valence-electron chi connectivity index (χ0n) is 11.1. The molecule has 20 heavy (non-hydrogen) atoms. The standard InChI is InChI=1S/C16H16F2O2/c1-10(12-5-7-16(20)14(18)9-12)2-3-11-4-6-15(19)13(17)8-11/h4-10,19-20H,2-3H2,1H3. The number of hydrogen-bond acceptors (Lipinski definition) is 2. The van der Waals surface area contributed by atoms with E-state index in [-0.39, 0.29) is 17.4 Å². The number of phenols is 2. The Morgan fingerprint density at radius 3 is 2.15 bits per heavy atom. The minimum atomic E-state index is -0.634. The van der Waals surface area contributed by atoms with Crippen molar-refractivity contribution in [3.8, 4) is 11.5 Å². The smallest absolute Gasteiger partial charge is 0.165 e. The van der Waals surface area contributed by atoms with Crippen LogP contribution in [0.2, 0.25) is 0 Å². The molecular formula is C16H16F2O2. The number of benzene rings is 2. The van der Waals surface area contributed by atoms with Crippen LogP contribution in [0, 0.1) is 11.6 Å². The van der Waals surface area contributed by atoms with Gasteiger partial charge in [-0.1, -0.05) is 19.1 Å². The Morgan fingerprint density at radius 2 is 1.55 bits per heavy atom. The van der Waals surface area contributed by atoms with Gasteiger partial charge in [-0.3, -0.25) is 0 Å². The maximum absolute atomic E-state index is 13.3. The molecule has 2 nitrogen and oxygen atoms in total. The molecule has 0 heterocycles. The summed E-state index contributed by atoms with van der Waals surface area (Å²) < 4.78 is 26.5. The molecule has 106 valence electrons. The highest BCUT2D eigenvalue weighted by Gasteiger charge is 2.10. The van der Waals surface area contributed by atoms with E-state index in [1.54, 1.807) is 12.1 Å². The van der Waals surface area contributed by atoms with Gasteiger partial charge < -0.3 is 10.2 Å². The molecule has 0 aliphatic rings. The fourth-order valence-electron chi connectivity index (χ4n) is 2.09. The number of aryl methyl sites for hydroxylation is 1. The van der Waals surface area contributed by atoms with E-state index < -0.39 is 11.6 Å². The first-order valence-corrected chi connectivity index (χ1v) is 6.43. The van der Waals surface area contributed by atoms with E-state index in [9.17, 15) is 8.78 Å². The van der Waals surface area contributed by atoms with Crippen LogP contribution in [0.15, 0.2) is 36.4 Å². The lowest BCUT2D eigenvalue weighted by Gasteiger charge is -2.12. The minimum absolute atomic E-state index is 0.0852. The Balaban J connectivity index is 2.02. The molecule has 2 aromatic rings. The van der Waals surface area contributed by atoms with Crippen molar-refractivity contribution in [2.24, 2.45) is 0 Å². The molecule has 0 aliphatic carbocycles. The van der Waals surface area contributed by atoms with Crippen molar-refractivity contribution in [2.45, 2.75) is 25.7 Å². The third kappa shape index (κ3) is 3.26. The van der Waals surface area contributed by atoms with Crippen molar-refractivity contribution in [3.63, 3.8) is 0 Å². The number of halogens is 2. The van der Waals surface area contributed by atoms with Gasteiger partial charge >= 0.3 is 0 Å². The first-order chi connectivity index (χ1) is 9.47. The van der Waals surface area contributed by atoms with E-state index in [0.717, 1.165) is 11.1 Å². The Kier molecular flexibility index (Phi) is 4.23. The summed E-state index contributed by atoms with van der Waals surface area (Å²) in [6.07, 6.45) is 1.34. The highest BCUT2D eigenvalue weighted by atomic mass is 19.1. The van der Waals surface area contributed by atoms with Gasteiger partial charge in [-0.15, -0.1) is 0 Å². The van der Waals surface area contributed by atoms with Crippen LogP contribution in [-0.2, 0) is 6.42 Å². The Morgan fingerprint density at radius 1 is 0.950 bits per heavy atom. The summed E-state index contributed by atoms with van der Waals surface area (Å²) in [5.74, 6) is -1.90. The first-order valence-electron chi connectivity index (χ1n) is 6.43. The lowest BCUT2D eigenvalue weighted by Crippen LogP contribution is -1.97. The molecule has 0 spiro atoms. The zero-order chi connectivity index (χ0) is 14.7. The van der Waals surface area contributed by atoms with Crippen molar-refractivity contribution < 1.29 is 19.0 Å². The quantitative estimate of drug-likeness (QED) is 0.883. The molecule has 0 fully saturated rings. The molecule has 0 saturated heterocycles. The third-order valence-corrected chi connectivity index (χ3v) is 3.42. The number of hydrogen-bond donors (Lipinski definition) is 2. The van der Waals surface area contributed by atoms with Crippen LogP contribution in [0.1, 0.15) is 30.4 Å².